The van der Waals surface area contributed by atoms with Crippen molar-refractivity contribution in [3.63, 3.8) is 0 Å². The van der Waals surface area contributed by atoms with Gasteiger partial charge in [-0.2, -0.15) is 0 Å². The van der Waals surface area contributed by atoms with E-state index in [0.29, 0.717) is 27.3 Å². The number of ether oxygens (including phenoxy) is 1. The highest BCUT2D eigenvalue weighted by molar-refractivity contribution is 7.14. The predicted molar refractivity (Wildman–Crippen MR) is 88.8 cm³/mol. The van der Waals surface area contributed by atoms with Crippen LogP contribution in [0, 0.1) is 5.82 Å². The van der Waals surface area contributed by atoms with Gasteiger partial charge in [0.05, 0.1) is 24.8 Å². The van der Waals surface area contributed by atoms with Crippen LogP contribution in [0.1, 0.15) is 16.1 Å². The van der Waals surface area contributed by atoms with Gasteiger partial charge in [-0.05, 0) is 18.2 Å². The number of benzene rings is 1. The number of fused-ring (bicyclic) bond motifs is 1. The lowest BCUT2D eigenvalue weighted by Gasteiger charge is -2.13. The molecular formula is C16H14FN3O3S. The Morgan fingerprint density at radius 3 is 2.96 bits per heavy atom. The van der Waals surface area contributed by atoms with Gasteiger partial charge < -0.3 is 9.72 Å². The minimum absolute atomic E-state index is 0.0489. The van der Waals surface area contributed by atoms with Crippen LogP contribution < -0.4 is 4.90 Å². The van der Waals surface area contributed by atoms with E-state index in [0.717, 1.165) is 0 Å². The number of hydrogen-bond acceptors (Lipinski definition) is 5. The average molecular weight is 347 g/mol. The summed E-state index contributed by atoms with van der Waals surface area (Å²) >= 11 is 1.25. The summed E-state index contributed by atoms with van der Waals surface area (Å²) in [4.78, 5) is 32.5. The molecule has 0 aliphatic carbocycles. The van der Waals surface area contributed by atoms with Crippen LogP contribution in [-0.2, 0) is 16.0 Å². The Labute approximate surface area is 140 Å². The minimum Gasteiger partial charge on any atom is -0.469 e. The number of anilines is 1. The number of nitrogens with one attached hydrogen (secondary N) is 1. The maximum atomic E-state index is 13.4. The molecule has 0 fully saturated rings. The Morgan fingerprint density at radius 1 is 1.42 bits per heavy atom. The fourth-order valence-corrected chi connectivity index (χ4v) is 3.08. The number of carbonyl (C=O) groups is 2. The van der Waals surface area contributed by atoms with Crippen molar-refractivity contribution >= 4 is 39.2 Å². The fraction of sp³-hybridized carbons (Fsp3) is 0.188. The van der Waals surface area contributed by atoms with E-state index in [-0.39, 0.29) is 12.3 Å². The first-order valence-electron chi connectivity index (χ1n) is 7.05. The molecule has 0 saturated heterocycles. The van der Waals surface area contributed by atoms with Gasteiger partial charge in [-0.1, -0.05) is 0 Å². The second-order valence-electron chi connectivity index (χ2n) is 5.13. The van der Waals surface area contributed by atoms with Gasteiger partial charge in [-0.25, -0.2) is 9.37 Å². The van der Waals surface area contributed by atoms with E-state index >= 15 is 0 Å². The Morgan fingerprint density at radius 2 is 2.21 bits per heavy atom. The molecule has 1 amide bonds. The van der Waals surface area contributed by atoms with Crippen LogP contribution >= 0.6 is 11.3 Å². The Kier molecular flexibility index (Phi) is 4.30. The third-order valence-corrected chi connectivity index (χ3v) is 4.52. The Balaban J connectivity index is 1.86. The molecule has 8 heteroatoms. The minimum atomic E-state index is -0.409. The van der Waals surface area contributed by atoms with E-state index in [4.69, 9.17) is 0 Å². The molecule has 0 spiro atoms. The SMILES string of the molecule is COC(=O)Cc1csc(N(C)C(=O)c2c[nH]c3ccc(F)cc23)n1. The maximum Gasteiger partial charge on any atom is 0.311 e. The number of aromatic nitrogens is 2. The molecule has 2 aromatic heterocycles. The van der Waals surface area contributed by atoms with Crippen molar-refractivity contribution in [2.45, 2.75) is 6.42 Å². The van der Waals surface area contributed by atoms with Gasteiger partial charge in [0.15, 0.2) is 5.13 Å². The first-order valence-corrected chi connectivity index (χ1v) is 7.93. The smallest absolute Gasteiger partial charge is 0.311 e. The molecule has 0 unspecified atom stereocenters. The highest BCUT2D eigenvalue weighted by Crippen LogP contribution is 2.25. The molecule has 0 aliphatic rings. The Hall–Kier alpha value is -2.74. The summed E-state index contributed by atoms with van der Waals surface area (Å²) in [6, 6.07) is 4.23. The zero-order chi connectivity index (χ0) is 17.3. The third kappa shape index (κ3) is 3.00. The van der Waals surface area contributed by atoms with E-state index in [1.807, 2.05) is 0 Å². The number of H-pyrrole nitrogens is 1. The van der Waals surface area contributed by atoms with Crippen LogP contribution in [0.3, 0.4) is 0 Å². The predicted octanol–water partition coefficient (Wildman–Crippen LogP) is 2.76. The summed E-state index contributed by atoms with van der Waals surface area (Å²) in [6.45, 7) is 0. The van der Waals surface area contributed by atoms with Crippen LogP contribution in [-0.4, -0.2) is 36.0 Å². The van der Waals surface area contributed by atoms with E-state index in [2.05, 4.69) is 14.7 Å². The third-order valence-electron chi connectivity index (χ3n) is 3.56. The molecule has 0 bridgehead atoms. The first kappa shape index (κ1) is 16.1. The van der Waals surface area contributed by atoms with Gasteiger partial charge in [0.2, 0.25) is 0 Å². The normalized spacial score (nSPS) is 10.8. The van der Waals surface area contributed by atoms with Gasteiger partial charge in [0.1, 0.15) is 5.82 Å². The lowest BCUT2D eigenvalue weighted by Crippen LogP contribution is -2.26. The van der Waals surface area contributed by atoms with Crippen LogP contribution in [0.4, 0.5) is 9.52 Å². The summed E-state index contributed by atoms with van der Waals surface area (Å²) in [6.07, 6.45) is 1.60. The topological polar surface area (TPSA) is 75.3 Å². The molecule has 124 valence electrons. The van der Waals surface area contributed by atoms with Gasteiger partial charge in [-0.15, -0.1) is 11.3 Å². The second kappa shape index (κ2) is 6.40. The number of hydrogen-bond donors (Lipinski definition) is 1. The number of halogens is 1. The Bertz CT molecular complexity index is 918. The van der Waals surface area contributed by atoms with Crippen molar-refractivity contribution in [2.24, 2.45) is 0 Å². The molecule has 3 rings (SSSR count). The van der Waals surface area contributed by atoms with Gasteiger partial charge in [-0.3, -0.25) is 14.5 Å². The molecule has 0 aliphatic heterocycles. The lowest BCUT2D eigenvalue weighted by atomic mass is 10.1. The molecule has 1 N–H and O–H groups in total. The van der Waals surface area contributed by atoms with Crippen molar-refractivity contribution in [3.8, 4) is 0 Å². The number of amides is 1. The average Bonchev–Trinajstić information content (AvgIpc) is 3.19. The number of methoxy groups -OCH3 is 1. The van der Waals surface area contributed by atoms with E-state index in [9.17, 15) is 14.0 Å². The molecule has 3 aromatic rings. The molecule has 0 atom stereocenters. The van der Waals surface area contributed by atoms with Crippen molar-refractivity contribution in [3.05, 3.63) is 46.9 Å². The number of esters is 1. The van der Waals surface area contributed by atoms with Crippen LogP contribution in [0.25, 0.3) is 10.9 Å². The lowest BCUT2D eigenvalue weighted by molar-refractivity contribution is -0.139. The van der Waals surface area contributed by atoms with Gasteiger partial charge in [0.25, 0.3) is 5.91 Å². The van der Waals surface area contributed by atoms with Crippen molar-refractivity contribution in [1.29, 1.82) is 0 Å². The molecular weight excluding hydrogens is 333 g/mol. The fourth-order valence-electron chi connectivity index (χ4n) is 2.29. The summed E-state index contributed by atoms with van der Waals surface area (Å²) in [5.41, 5.74) is 1.57. The largest absolute Gasteiger partial charge is 0.469 e. The highest BCUT2D eigenvalue weighted by atomic mass is 32.1. The standard InChI is InChI=1S/C16H14FN3O3S/c1-20(16-19-10(8-24-16)6-14(21)23-2)15(22)12-7-18-13-4-3-9(17)5-11(12)13/h3-5,7-8,18H,6H2,1-2H3. The van der Waals surface area contributed by atoms with E-state index < -0.39 is 11.8 Å². The van der Waals surface area contributed by atoms with Crippen LogP contribution in [0.15, 0.2) is 29.8 Å². The molecule has 2 heterocycles. The molecule has 0 radical (unpaired) electrons. The van der Waals surface area contributed by atoms with Gasteiger partial charge >= 0.3 is 5.97 Å². The maximum absolute atomic E-state index is 13.4. The summed E-state index contributed by atoms with van der Waals surface area (Å²) < 4.78 is 18.0. The highest BCUT2D eigenvalue weighted by Gasteiger charge is 2.20. The van der Waals surface area contributed by atoms with Crippen molar-refractivity contribution in [2.75, 3.05) is 19.1 Å². The number of aromatic amines is 1. The molecule has 6 nitrogen and oxygen atoms in total. The molecule has 0 saturated carbocycles. The summed E-state index contributed by atoms with van der Waals surface area (Å²) in [5, 5.41) is 2.66. The number of nitrogens with zero attached hydrogens (tertiary/aromatic N) is 2. The van der Waals surface area contributed by atoms with Crippen molar-refractivity contribution in [1.82, 2.24) is 9.97 Å². The quantitative estimate of drug-likeness (QED) is 0.737. The first-order chi connectivity index (χ1) is 11.5. The number of carbonyl (C=O) groups excluding carboxylic acids is 2. The zero-order valence-corrected chi connectivity index (χ0v) is 13.8. The van der Waals surface area contributed by atoms with E-state index in [1.54, 1.807) is 24.7 Å². The molecule has 24 heavy (non-hydrogen) atoms. The number of thiazole rings is 1. The van der Waals surface area contributed by atoms with Crippen LogP contribution in [0.2, 0.25) is 0 Å². The number of rotatable bonds is 4. The van der Waals surface area contributed by atoms with Crippen molar-refractivity contribution < 1.29 is 18.7 Å². The summed E-state index contributed by atoms with van der Waals surface area (Å²) in [7, 11) is 2.89. The zero-order valence-electron chi connectivity index (χ0n) is 13.0. The second-order valence-corrected chi connectivity index (χ2v) is 5.97. The van der Waals surface area contributed by atoms with E-state index in [1.165, 1.54) is 35.5 Å². The van der Waals surface area contributed by atoms with Crippen LogP contribution in [0.5, 0.6) is 0 Å². The van der Waals surface area contributed by atoms with Gasteiger partial charge in [0, 0.05) is 29.5 Å². The summed E-state index contributed by atoms with van der Waals surface area (Å²) in [5.74, 6) is -1.12. The molecule has 1 aromatic carbocycles. The monoisotopic (exact) mass is 347 g/mol.